The van der Waals surface area contributed by atoms with Crippen LogP contribution >= 0.6 is 0 Å². The number of carbonyl (C=O) groups excluding carboxylic acids is 1. The summed E-state index contributed by atoms with van der Waals surface area (Å²) in [6.07, 6.45) is 1.99. The Bertz CT molecular complexity index is 547. The van der Waals surface area contributed by atoms with Gasteiger partial charge in [0.05, 0.1) is 12.3 Å². The van der Waals surface area contributed by atoms with Crippen LogP contribution in [-0.2, 0) is 17.7 Å². The van der Waals surface area contributed by atoms with Gasteiger partial charge < -0.3 is 14.1 Å². The zero-order valence-electron chi connectivity index (χ0n) is 14.4. The highest BCUT2D eigenvalue weighted by molar-refractivity contribution is 5.89. The summed E-state index contributed by atoms with van der Waals surface area (Å²) in [4.78, 5) is 21.4. The number of carbonyl (C=O) groups is 1. The van der Waals surface area contributed by atoms with Crippen LogP contribution in [0, 0.1) is 11.8 Å². The van der Waals surface area contributed by atoms with E-state index >= 15 is 0 Å². The van der Waals surface area contributed by atoms with Crippen LogP contribution in [0.2, 0.25) is 0 Å². The Hall–Kier alpha value is -1.40. The summed E-state index contributed by atoms with van der Waals surface area (Å²) in [6.45, 7) is 9.26. The molecule has 3 heterocycles. The highest BCUT2D eigenvalue weighted by Crippen LogP contribution is 2.24. The SMILES string of the molecule is COCCN1CCc2oc(C(=O)N3C[C@@H](C)C[C@H](C)C3)nc2C1. The molecule has 6 heteroatoms. The van der Waals surface area contributed by atoms with Gasteiger partial charge in [0.15, 0.2) is 0 Å². The Morgan fingerprint density at radius 2 is 2.09 bits per heavy atom. The predicted molar refractivity (Wildman–Crippen MR) is 86.2 cm³/mol. The van der Waals surface area contributed by atoms with Gasteiger partial charge in [0.25, 0.3) is 5.89 Å². The van der Waals surface area contributed by atoms with Crippen LogP contribution in [0.1, 0.15) is 42.4 Å². The van der Waals surface area contributed by atoms with Crippen LogP contribution in [0.3, 0.4) is 0 Å². The average Bonchev–Trinajstić information content (AvgIpc) is 2.94. The Morgan fingerprint density at radius 3 is 2.78 bits per heavy atom. The zero-order valence-corrected chi connectivity index (χ0v) is 14.4. The molecule has 1 aromatic rings. The summed E-state index contributed by atoms with van der Waals surface area (Å²) in [5.41, 5.74) is 0.911. The minimum atomic E-state index is -0.0544. The van der Waals surface area contributed by atoms with E-state index in [0.29, 0.717) is 18.4 Å². The van der Waals surface area contributed by atoms with Gasteiger partial charge in [-0.1, -0.05) is 13.8 Å². The number of ether oxygens (including phenoxy) is 1. The van der Waals surface area contributed by atoms with Crippen molar-refractivity contribution in [3.05, 3.63) is 17.3 Å². The van der Waals surface area contributed by atoms with E-state index in [1.807, 2.05) is 4.90 Å². The Kier molecular flexibility index (Phi) is 5.02. The number of piperidine rings is 1. The van der Waals surface area contributed by atoms with Crippen LogP contribution < -0.4 is 0 Å². The van der Waals surface area contributed by atoms with Crippen molar-refractivity contribution in [2.75, 3.05) is 39.9 Å². The number of amides is 1. The molecule has 23 heavy (non-hydrogen) atoms. The molecule has 2 atom stereocenters. The molecule has 0 aromatic carbocycles. The highest BCUT2D eigenvalue weighted by atomic mass is 16.5. The summed E-state index contributed by atoms with van der Waals surface area (Å²) in [5.74, 6) is 2.17. The molecular weight excluding hydrogens is 294 g/mol. The van der Waals surface area contributed by atoms with E-state index in [-0.39, 0.29) is 11.8 Å². The quantitative estimate of drug-likeness (QED) is 0.846. The number of nitrogens with zero attached hydrogens (tertiary/aromatic N) is 3. The van der Waals surface area contributed by atoms with Gasteiger partial charge in [0.2, 0.25) is 0 Å². The Labute approximate surface area is 137 Å². The second kappa shape index (κ2) is 7.01. The molecule has 0 aliphatic carbocycles. The smallest absolute Gasteiger partial charge is 0.309 e. The molecule has 2 aliphatic heterocycles. The van der Waals surface area contributed by atoms with Crippen molar-refractivity contribution in [2.24, 2.45) is 11.8 Å². The van der Waals surface area contributed by atoms with E-state index in [1.54, 1.807) is 7.11 Å². The van der Waals surface area contributed by atoms with E-state index in [4.69, 9.17) is 9.15 Å². The summed E-state index contributed by atoms with van der Waals surface area (Å²) < 4.78 is 10.9. The molecule has 1 fully saturated rings. The molecular formula is C17H27N3O3. The fraction of sp³-hybridized carbons (Fsp3) is 0.765. The number of aromatic nitrogens is 1. The van der Waals surface area contributed by atoms with Gasteiger partial charge in [-0.25, -0.2) is 4.98 Å². The van der Waals surface area contributed by atoms with Gasteiger partial charge >= 0.3 is 5.91 Å². The first-order valence-corrected chi connectivity index (χ1v) is 8.56. The highest BCUT2D eigenvalue weighted by Gasteiger charge is 2.31. The average molecular weight is 321 g/mol. The van der Waals surface area contributed by atoms with Gasteiger partial charge in [-0.15, -0.1) is 0 Å². The molecule has 1 amide bonds. The van der Waals surface area contributed by atoms with Crippen LogP contribution in [0.5, 0.6) is 0 Å². The lowest BCUT2D eigenvalue weighted by molar-refractivity contribution is 0.0581. The summed E-state index contributed by atoms with van der Waals surface area (Å²) >= 11 is 0. The van der Waals surface area contributed by atoms with Crippen LogP contribution in [-0.4, -0.2) is 60.6 Å². The molecule has 0 saturated carbocycles. The molecule has 6 nitrogen and oxygen atoms in total. The van der Waals surface area contributed by atoms with Crippen molar-refractivity contribution in [1.82, 2.24) is 14.8 Å². The standard InChI is InChI=1S/C17H27N3O3/c1-12-8-13(2)10-20(9-12)17(21)16-18-14-11-19(6-7-22-3)5-4-15(14)23-16/h12-13H,4-11H2,1-3H3/t12-,13-/m0/s1. The molecule has 1 aromatic heterocycles. The minimum absolute atomic E-state index is 0.0544. The summed E-state index contributed by atoms with van der Waals surface area (Å²) in [6, 6.07) is 0. The zero-order chi connectivity index (χ0) is 16.4. The lowest BCUT2D eigenvalue weighted by Crippen LogP contribution is -2.42. The van der Waals surface area contributed by atoms with Gasteiger partial charge in [-0.2, -0.15) is 0 Å². The lowest BCUT2D eigenvalue weighted by atomic mass is 9.92. The van der Waals surface area contributed by atoms with Gasteiger partial charge in [-0.05, 0) is 18.3 Å². The van der Waals surface area contributed by atoms with Gasteiger partial charge in [0, 0.05) is 46.3 Å². The van der Waals surface area contributed by atoms with Crippen molar-refractivity contribution in [2.45, 2.75) is 33.2 Å². The maximum atomic E-state index is 12.7. The van der Waals surface area contributed by atoms with E-state index in [0.717, 1.165) is 50.6 Å². The normalized spacial score (nSPS) is 25.4. The fourth-order valence-corrected chi connectivity index (χ4v) is 3.72. The number of oxazole rings is 1. The van der Waals surface area contributed by atoms with Crippen molar-refractivity contribution in [1.29, 1.82) is 0 Å². The maximum absolute atomic E-state index is 12.7. The number of methoxy groups -OCH3 is 1. The predicted octanol–water partition coefficient (Wildman–Crippen LogP) is 1.80. The third-order valence-corrected chi connectivity index (χ3v) is 4.76. The third kappa shape index (κ3) is 3.75. The van der Waals surface area contributed by atoms with E-state index in [9.17, 15) is 4.79 Å². The largest absolute Gasteiger partial charge is 0.437 e. The molecule has 0 N–H and O–H groups in total. The van der Waals surface area contributed by atoms with E-state index in [2.05, 4.69) is 23.7 Å². The molecule has 128 valence electrons. The second-order valence-electron chi connectivity index (χ2n) is 7.06. The summed E-state index contributed by atoms with van der Waals surface area (Å²) in [5, 5.41) is 0. The Balaban J connectivity index is 1.68. The molecule has 0 bridgehead atoms. The molecule has 1 saturated heterocycles. The monoisotopic (exact) mass is 321 g/mol. The molecule has 0 spiro atoms. The third-order valence-electron chi connectivity index (χ3n) is 4.76. The van der Waals surface area contributed by atoms with Gasteiger partial charge in [-0.3, -0.25) is 9.69 Å². The van der Waals surface area contributed by atoms with Gasteiger partial charge in [0.1, 0.15) is 5.76 Å². The van der Waals surface area contributed by atoms with Crippen LogP contribution in [0.25, 0.3) is 0 Å². The fourth-order valence-electron chi connectivity index (χ4n) is 3.72. The number of hydrogen-bond acceptors (Lipinski definition) is 5. The van der Waals surface area contributed by atoms with Crippen molar-refractivity contribution in [3.8, 4) is 0 Å². The first-order valence-electron chi connectivity index (χ1n) is 8.56. The topological polar surface area (TPSA) is 58.8 Å². The first-order chi connectivity index (χ1) is 11.1. The van der Waals surface area contributed by atoms with Crippen molar-refractivity contribution >= 4 is 5.91 Å². The Morgan fingerprint density at radius 1 is 1.35 bits per heavy atom. The molecule has 0 unspecified atom stereocenters. The second-order valence-corrected chi connectivity index (χ2v) is 7.06. The summed E-state index contributed by atoms with van der Waals surface area (Å²) in [7, 11) is 1.71. The number of likely N-dealkylation sites (tertiary alicyclic amines) is 1. The molecule has 0 radical (unpaired) electrons. The van der Waals surface area contributed by atoms with Crippen LogP contribution in [0.15, 0.2) is 4.42 Å². The number of rotatable bonds is 4. The number of fused-ring (bicyclic) bond motifs is 1. The number of hydrogen-bond donors (Lipinski definition) is 0. The lowest BCUT2D eigenvalue weighted by Gasteiger charge is -2.34. The van der Waals surface area contributed by atoms with Crippen molar-refractivity contribution in [3.63, 3.8) is 0 Å². The van der Waals surface area contributed by atoms with E-state index < -0.39 is 0 Å². The van der Waals surface area contributed by atoms with E-state index in [1.165, 1.54) is 6.42 Å². The van der Waals surface area contributed by atoms with Crippen molar-refractivity contribution < 1.29 is 13.9 Å². The molecule has 3 rings (SSSR count). The molecule has 2 aliphatic rings. The first kappa shape index (κ1) is 16.5. The minimum Gasteiger partial charge on any atom is -0.437 e. The maximum Gasteiger partial charge on any atom is 0.309 e. The van der Waals surface area contributed by atoms with Crippen LogP contribution in [0.4, 0.5) is 0 Å².